The van der Waals surface area contributed by atoms with Crippen LogP contribution in [-0.2, 0) is 0 Å². The molecule has 2 unspecified atom stereocenters. The first-order valence-corrected chi connectivity index (χ1v) is 7.77. The predicted octanol–water partition coefficient (Wildman–Crippen LogP) is 4.11. The van der Waals surface area contributed by atoms with E-state index in [1.807, 2.05) is 37.7 Å². The summed E-state index contributed by atoms with van der Waals surface area (Å²) < 4.78 is 2.09. The molecule has 0 radical (unpaired) electrons. The predicted molar refractivity (Wildman–Crippen MR) is 82.5 cm³/mol. The molecule has 4 nitrogen and oxygen atoms in total. The van der Waals surface area contributed by atoms with Crippen LogP contribution in [0.3, 0.4) is 0 Å². The summed E-state index contributed by atoms with van der Waals surface area (Å²) in [5, 5.41) is 2.84. The van der Waals surface area contributed by atoms with Crippen molar-refractivity contribution in [2.45, 2.75) is 32.2 Å². The van der Waals surface area contributed by atoms with Crippen LogP contribution >= 0.6 is 22.9 Å². The second kappa shape index (κ2) is 5.14. The number of rotatable bonds is 3. The molecule has 0 saturated heterocycles. The van der Waals surface area contributed by atoms with E-state index in [9.17, 15) is 0 Å². The second-order valence-electron chi connectivity index (χ2n) is 4.86. The number of thiazole rings is 1. The monoisotopic (exact) mass is 306 g/mol. The van der Waals surface area contributed by atoms with Crippen molar-refractivity contribution in [2.24, 2.45) is 0 Å². The maximum absolute atomic E-state index is 6.30. The van der Waals surface area contributed by atoms with Gasteiger partial charge in [-0.2, -0.15) is 0 Å². The molecular weight excluding hydrogens is 292 g/mol. The van der Waals surface area contributed by atoms with Crippen LogP contribution in [0.25, 0.3) is 11.2 Å². The Hall–Kier alpha value is -1.46. The van der Waals surface area contributed by atoms with Crippen LogP contribution in [-0.4, -0.2) is 19.5 Å². The third kappa shape index (κ3) is 2.21. The Morgan fingerprint density at radius 2 is 2.10 bits per heavy atom. The molecule has 3 rings (SSSR count). The largest absolute Gasteiger partial charge is 0.302 e. The molecule has 0 aliphatic rings. The fourth-order valence-corrected chi connectivity index (χ4v) is 3.15. The summed E-state index contributed by atoms with van der Waals surface area (Å²) in [6.45, 7) is 6.05. The van der Waals surface area contributed by atoms with E-state index < -0.39 is 0 Å². The molecule has 20 heavy (non-hydrogen) atoms. The Morgan fingerprint density at radius 1 is 1.30 bits per heavy atom. The van der Waals surface area contributed by atoms with Gasteiger partial charge in [-0.15, -0.1) is 22.9 Å². The zero-order chi connectivity index (χ0) is 14.3. The minimum atomic E-state index is -0.174. The van der Waals surface area contributed by atoms with Crippen molar-refractivity contribution in [1.82, 2.24) is 19.5 Å². The van der Waals surface area contributed by atoms with E-state index in [-0.39, 0.29) is 11.4 Å². The van der Waals surface area contributed by atoms with Gasteiger partial charge in [0.1, 0.15) is 16.3 Å². The van der Waals surface area contributed by atoms with E-state index in [1.165, 1.54) is 0 Å². The zero-order valence-electron chi connectivity index (χ0n) is 11.5. The van der Waals surface area contributed by atoms with Gasteiger partial charge in [0.05, 0.1) is 11.4 Å². The van der Waals surface area contributed by atoms with Crippen LogP contribution in [0.15, 0.2) is 23.8 Å². The lowest BCUT2D eigenvalue weighted by Gasteiger charge is -2.15. The summed E-state index contributed by atoms with van der Waals surface area (Å²) >= 11 is 7.93. The third-order valence-electron chi connectivity index (χ3n) is 3.25. The van der Waals surface area contributed by atoms with Crippen molar-refractivity contribution in [1.29, 1.82) is 0 Å². The highest BCUT2D eigenvalue weighted by molar-refractivity contribution is 7.09. The number of nitrogens with zero attached hydrogens (tertiary/aromatic N) is 4. The molecule has 3 heterocycles. The van der Waals surface area contributed by atoms with Crippen LogP contribution < -0.4 is 0 Å². The van der Waals surface area contributed by atoms with E-state index in [0.29, 0.717) is 0 Å². The molecule has 104 valence electrons. The molecule has 0 fully saturated rings. The first kappa shape index (κ1) is 13.5. The SMILES string of the molecule is Cc1cnc2c(c1)nc(C(C)Cl)n2C(C)c1nccs1. The molecule has 2 atom stereocenters. The van der Waals surface area contributed by atoms with Gasteiger partial charge in [-0.25, -0.2) is 15.0 Å². The Balaban J connectivity index is 2.24. The van der Waals surface area contributed by atoms with Gasteiger partial charge >= 0.3 is 0 Å². The molecule has 0 aromatic carbocycles. The molecule has 6 heteroatoms. The summed E-state index contributed by atoms with van der Waals surface area (Å²) in [5.74, 6) is 0.836. The highest BCUT2D eigenvalue weighted by Gasteiger charge is 2.22. The summed E-state index contributed by atoms with van der Waals surface area (Å²) in [5.41, 5.74) is 2.84. The van der Waals surface area contributed by atoms with E-state index >= 15 is 0 Å². The number of pyridine rings is 1. The van der Waals surface area contributed by atoms with E-state index in [1.54, 1.807) is 11.3 Å². The average Bonchev–Trinajstić information content (AvgIpc) is 3.04. The maximum Gasteiger partial charge on any atom is 0.160 e. The van der Waals surface area contributed by atoms with Crippen molar-refractivity contribution < 1.29 is 0 Å². The van der Waals surface area contributed by atoms with Crippen molar-refractivity contribution in [3.8, 4) is 0 Å². The van der Waals surface area contributed by atoms with E-state index in [0.717, 1.165) is 27.6 Å². The summed E-state index contributed by atoms with van der Waals surface area (Å²) in [7, 11) is 0. The number of aryl methyl sites for hydroxylation is 1. The van der Waals surface area contributed by atoms with Crippen molar-refractivity contribution >= 4 is 34.1 Å². The zero-order valence-corrected chi connectivity index (χ0v) is 13.1. The van der Waals surface area contributed by atoms with E-state index in [4.69, 9.17) is 11.6 Å². The standard InChI is InChI=1S/C14H15ClN4S/c1-8-6-11-13(17-7-8)19(12(18-11)9(2)15)10(3)14-16-4-5-20-14/h4-7,9-10H,1-3H3. The number of imidazole rings is 1. The number of hydrogen-bond donors (Lipinski definition) is 0. The van der Waals surface area contributed by atoms with Crippen LogP contribution in [0, 0.1) is 6.92 Å². The quantitative estimate of drug-likeness (QED) is 0.684. The normalized spacial score (nSPS) is 14.6. The topological polar surface area (TPSA) is 43.6 Å². The Bertz CT molecular complexity index is 733. The second-order valence-corrected chi connectivity index (χ2v) is 6.44. The number of hydrogen-bond acceptors (Lipinski definition) is 4. The van der Waals surface area contributed by atoms with Gasteiger partial charge in [-0.3, -0.25) is 0 Å². The molecular formula is C14H15ClN4S. The number of alkyl halides is 1. The number of aromatic nitrogens is 4. The van der Waals surface area contributed by atoms with Crippen molar-refractivity contribution in [3.05, 3.63) is 40.2 Å². The molecule has 0 aliphatic carbocycles. The molecule has 0 N–H and O–H groups in total. The average molecular weight is 307 g/mol. The smallest absolute Gasteiger partial charge is 0.160 e. The fourth-order valence-electron chi connectivity index (χ4n) is 2.31. The Morgan fingerprint density at radius 3 is 2.75 bits per heavy atom. The summed E-state index contributed by atoms with van der Waals surface area (Å²) in [6, 6.07) is 2.11. The molecule has 3 aromatic rings. The Kier molecular flexibility index (Phi) is 3.48. The van der Waals surface area contributed by atoms with Gasteiger partial charge in [-0.05, 0) is 32.4 Å². The molecule has 0 amide bonds. The minimum Gasteiger partial charge on any atom is -0.302 e. The lowest BCUT2D eigenvalue weighted by molar-refractivity contribution is 0.610. The van der Waals surface area contributed by atoms with Gasteiger partial charge in [0.2, 0.25) is 0 Å². The Labute approximate surface area is 126 Å². The molecule has 0 bridgehead atoms. The lowest BCUT2D eigenvalue weighted by atomic mass is 10.3. The van der Waals surface area contributed by atoms with Gasteiger partial charge in [0.15, 0.2) is 5.65 Å². The lowest BCUT2D eigenvalue weighted by Crippen LogP contribution is -2.11. The molecule has 0 saturated carbocycles. The van der Waals surface area contributed by atoms with Crippen molar-refractivity contribution in [2.75, 3.05) is 0 Å². The van der Waals surface area contributed by atoms with Crippen LogP contribution in [0.5, 0.6) is 0 Å². The summed E-state index contributed by atoms with van der Waals surface area (Å²) in [6.07, 6.45) is 3.68. The van der Waals surface area contributed by atoms with E-state index in [2.05, 4.69) is 26.4 Å². The van der Waals surface area contributed by atoms with Crippen molar-refractivity contribution in [3.63, 3.8) is 0 Å². The molecule has 3 aromatic heterocycles. The number of fused-ring (bicyclic) bond motifs is 1. The van der Waals surface area contributed by atoms with Gasteiger partial charge in [0.25, 0.3) is 0 Å². The minimum absolute atomic E-state index is 0.0754. The first-order chi connectivity index (χ1) is 9.58. The highest BCUT2D eigenvalue weighted by Crippen LogP contribution is 2.30. The van der Waals surface area contributed by atoms with Gasteiger partial charge < -0.3 is 4.57 Å². The molecule has 0 spiro atoms. The first-order valence-electron chi connectivity index (χ1n) is 6.46. The van der Waals surface area contributed by atoms with Crippen LogP contribution in [0.1, 0.15) is 41.7 Å². The van der Waals surface area contributed by atoms with Gasteiger partial charge in [-0.1, -0.05) is 0 Å². The third-order valence-corrected chi connectivity index (χ3v) is 4.39. The maximum atomic E-state index is 6.30. The fraction of sp³-hybridized carbons (Fsp3) is 0.357. The van der Waals surface area contributed by atoms with Gasteiger partial charge in [0, 0.05) is 17.8 Å². The van der Waals surface area contributed by atoms with Crippen LogP contribution in [0.4, 0.5) is 0 Å². The molecule has 0 aliphatic heterocycles. The summed E-state index contributed by atoms with van der Waals surface area (Å²) in [4.78, 5) is 13.6. The number of halogens is 1. The van der Waals surface area contributed by atoms with Crippen LogP contribution in [0.2, 0.25) is 0 Å². The highest BCUT2D eigenvalue weighted by atomic mass is 35.5.